The van der Waals surface area contributed by atoms with Crippen LogP contribution in [-0.2, 0) is 10.0 Å². The summed E-state index contributed by atoms with van der Waals surface area (Å²) in [6, 6.07) is 11.9. The first-order valence-electron chi connectivity index (χ1n) is 8.67. The number of benzene rings is 2. The molecule has 8 heteroatoms. The summed E-state index contributed by atoms with van der Waals surface area (Å²) in [7, 11) is -3.63. The van der Waals surface area contributed by atoms with Crippen LogP contribution in [0.3, 0.4) is 0 Å². The molecule has 0 aliphatic rings. The Balaban J connectivity index is 1.78. The molecule has 0 aliphatic heterocycles. The van der Waals surface area contributed by atoms with E-state index in [-0.39, 0.29) is 10.5 Å². The number of hydrogen-bond acceptors (Lipinski definition) is 5. The average Bonchev–Trinajstić information content (AvgIpc) is 3.03. The van der Waals surface area contributed by atoms with E-state index in [1.165, 1.54) is 23.5 Å². The van der Waals surface area contributed by atoms with Crippen molar-refractivity contribution in [3.05, 3.63) is 53.6 Å². The van der Waals surface area contributed by atoms with Crippen LogP contribution in [0.5, 0.6) is 0 Å². The number of amides is 1. The SMILES string of the molecule is CCCCNS(=O)(=O)c1cccc(C(=O)Nc2nc3ccc(C)cc3s2)c1. The molecule has 0 saturated carbocycles. The van der Waals surface area contributed by atoms with E-state index in [4.69, 9.17) is 0 Å². The van der Waals surface area contributed by atoms with E-state index in [1.54, 1.807) is 12.1 Å². The van der Waals surface area contributed by atoms with E-state index in [1.807, 2.05) is 32.0 Å². The number of carbonyl (C=O) groups is 1. The Labute approximate surface area is 162 Å². The minimum Gasteiger partial charge on any atom is -0.298 e. The molecule has 27 heavy (non-hydrogen) atoms. The average molecular weight is 404 g/mol. The van der Waals surface area contributed by atoms with Crippen LogP contribution >= 0.6 is 11.3 Å². The third kappa shape index (κ3) is 4.71. The maximum absolute atomic E-state index is 12.5. The van der Waals surface area contributed by atoms with E-state index in [9.17, 15) is 13.2 Å². The number of nitrogens with one attached hydrogen (secondary N) is 2. The first-order valence-corrected chi connectivity index (χ1v) is 11.0. The highest BCUT2D eigenvalue weighted by Gasteiger charge is 2.16. The minimum absolute atomic E-state index is 0.0752. The summed E-state index contributed by atoms with van der Waals surface area (Å²) in [5.41, 5.74) is 2.21. The number of rotatable bonds is 7. The van der Waals surface area contributed by atoms with Gasteiger partial charge in [-0.25, -0.2) is 18.1 Å². The van der Waals surface area contributed by atoms with Gasteiger partial charge in [0.2, 0.25) is 10.0 Å². The first kappa shape index (κ1) is 19.5. The van der Waals surface area contributed by atoms with Crippen LogP contribution in [0.1, 0.15) is 35.7 Å². The lowest BCUT2D eigenvalue weighted by Gasteiger charge is -2.08. The van der Waals surface area contributed by atoms with E-state index in [0.717, 1.165) is 28.6 Å². The van der Waals surface area contributed by atoms with Gasteiger partial charge < -0.3 is 0 Å². The number of carbonyl (C=O) groups excluding carboxylic acids is 1. The number of sulfonamides is 1. The Morgan fingerprint density at radius 3 is 2.78 bits per heavy atom. The van der Waals surface area contributed by atoms with Crippen molar-refractivity contribution in [1.29, 1.82) is 0 Å². The second-order valence-corrected chi connectivity index (χ2v) is 9.02. The van der Waals surface area contributed by atoms with Crippen molar-refractivity contribution < 1.29 is 13.2 Å². The van der Waals surface area contributed by atoms with Crippen LogP contribution < -0.4 is 10.0 Å². The van der Waals surface area contributed by atoms with Crippen LogP contribution in [0.15, 0.2) is 47.4 Å². The summed E-state index contributed by atoms with van der Waals surface area (Å²) in [4.78, 5) is 17.0. The van der Waals surface area contributed by atoms with E-state index in [2.05, 4.69) is 15.0 Å². The third-order valence-corrected chi connectivity index (χ3v) is 6.39. The zero-order valence-corrected chi connectivity index (χ0v) is 16.8. The van der Waals surface area contributed by atoms with Gasteiger partial charge in [-0.1, -0.05) is 36.8 Å². The maximum Gasteiger partial charge on any atom is 0.257 e. The summed E-state index contributed by atoms with van der Waals surface area (Å²) in [6.45, 7) is 4.36. The minimum atomic E-state index is -3.63. The summed E-state index contributed by atoms with van der Waals surface area (Å²) in [6.07, 6.45) is 1.66. The first-order chi connectivity index (χ1) is 12.9. The van der Waals surface area contributed by atoms with Crippen molar-refractivity contribution in [2.45, 2.75) is 31.6 Å². The summed E-state index contributed by atoms with van der Waals surface area (Å²) in [5, 5.41) is 3.23. The van der Waals surface area contributed by atoms with Crippen LogP contribution in [0.25, 0.3) is 10.2 Å². The second-order valence-electron chi connectivity index (χ2n) is 6.22. The molecule has 2 aromatic carbocycles. The van der Waals surface area contributed by atoms with Crippen molar-refractivity contribution in [2.75, 3.05) is 11.9 Å². The molecule has 0 saturated heterocycles. The number of hydrogen-bond donors (Lipinski definition) is 2. The van der Waals surface area contributed by atoms with Gasteiger partial charge in [0, 0.05) is 12.1 Å². The highest BCUT2D eigenvalue weighted by Crippen LogP contribution is 2.27. The Morgan fingerprint density at radius 2 is 2.00 bits per heavy atom. The normalized spacial score (nSPS) is 11.6. The molecule has 2 N–H and O–H groups in total. The molecule has 0 aliphatic carbocycles. The fraction of sp³-hybridized carbons (Fsp3) is 0.263. The summed E-state index contributed by atoms with van der Waals surface area (Å²) < 4.78 is 28.2. The van der Waals surface area contributed by atoms with E-state index >= 15 is 0 Å². The van der Waals surface area contributed by atoms with Crippen molar-refractivity contribution in [3.63, 3.8) is 0 Å². The number of thiazole rings is 1. The molecule has 6 nitrogen and oxygen atoms in total. The number of nitrogens with zero attached hydrogens (tertiary/aromatic N) is 1. The van der Waals surface area contributed by atoms with Gasteiger partial charge in [-0.15, -0.1) is 0 Å². The molecule has 0 atom stereocenters. The van der Waals surface area contributed by atoms with Gasteiger partial charge in [-0.05, 0) is 49.2 Å². The van der Waals surface area contributed by atoms with Crippen LogP contribution in [0.4, 0.5) is 5.13 Å². The van der Waals surface area contributed by atoms with Crippen molar-refractivity contribution in [2.24, 2.45) is 0 Å². The van der Waals surface area contributed by atoms with E-state index in [0.29, 0.717) is 11.7 Å². The van der Waals surface area contributed by atoms with Crippen LogP contribution in [0.2, 0.25) is 0 Å². The Kier molecular flexibility index (Phi) is 5.88. The Morgan fingerprint density at radius 1 is 1.19 bits per heavy atom. The van der Waals surface area contributed by atoms with Gasteiger partial charge in [-0.2, -0.15) is 0 Å². The zero-order valence-electron chi connectivity index (χ0n) is 15.2. The fourth-order valence-corrected chi connectivity index (χ4v) is 4.60. The monoisotopic (exact) mass is 403 g/mol. The predicted molar refractivity (Wildman–Crippen MR) is 109 cm³/mol. The molecule has 0 radical (unpaired) electrons. The summed E-state index contributed by atoms with van der Waals surface area (Å²) in [5.74, 6) is -0.392. The molecular formula is C19H21N3O3S2. The van der Waals surface area contributed by atoms with Crippen molar-refractivity contribution >= 4 is 42.6 Å². The Hall–Kier alpha value is -2.29. The van der Waals surface area contributed by atoms with Crippen molar-refractivity contribution in [3.8, 4) is 0 Å². The second kappa shape index (κ2) is 8.16. The lowest BCUT2D eigenvalue weighted by molar-refractivity contribution is 0.102. The van der Waals surface area contributed by atoms with E-state index < -0.39 is 15.9 Å². The summed E-state index contributed by atoms with van der Waals surface area (Å²) >= 11 is 1.38. The third-order valence-electron chi connectivity index (χ3n) is 3.99. The maximum atomic E-state index is 12.5. The molecule has 3 aromatic rings. The quantitative estimate of drug-likeness (QED) is 0.585. The van der Waals surface area contributed by atoms with Crippen molar-refractivity contribution in [1.82, 2.24) is 9.71 Å². The van der Waals surface area contributed by atoms with Crippen LogP contribution in [0, 0.1) is 6.92 Å². The molecule has 0 spiro atoms. The fourth-order valence-electron chi connectivity index (χ4n) is 2.53. The molecule has 1 heterocycles. The van der Waals surface area contributed by atoms with Gasteiger partial charge in [0.15, 0.2) is 5.13 Å². The molecular weight excluding hydrogens is 382 g/mol. The molecule has 1 aromatic heterocycles. The zero-order chi connectivity index (χ0) is 19.4. The molecule has 0 unspecified atom stereocenters. The number of aryl methyl sites for hydroxylation is 1. The largest absolute Gasteiger partial charge is 0.298 e. The van der Waals surface area contributed by atoms with Gasteiger partial charge in [-0.3, -0.25) is 10.1 Å². The number of aromatic nitrogens is 1. The lowest BCUT2D eigenvalue weighted by Crippen LogP contribution is -2.25. The lowest BCUT2D eigenvalue weighted by atomic mass is 10.2. The smallest absolute Gasteiger partial charge is 0.257 e. The number of unbranched alkanes of at least 4 members (excludes halogenated alkanes) is 1. The molecule has 0 fully saturated rings. The molecule has 3 rings (SSSR count). The number of fused-ring (bicyclic) bond motifs is 1. The van der Waals surface area contributed by atoms with Gasteiger partial charge in [0.25, 0.3) is 5.91 Å². The highest BCUT2D eigenvalue weighted by molar-refractivity contribution is 7.89. The topological polar surface area (TPSA) is 88.2 Å². The molecule has 142 valence electrons. The molecule has 0 bridgehead atoms. The van der Waals surface area contributed by atoms with Gasteiger partial charge in [0.05, 0.1) is 15.1 Å². The predicted octanol–water partition coefficient (Wildman–Crippen LogP) is 3.94. The number of anilines is 1. The van der Waals surface area contributed by atoms with Crippen LogP contribution in [-0.4, -0.2) is 25.9 Å². The standard InChI is InChI=1S/C19H21N3O3S2/c1-3-4-10-20-27(24,25)15-7-5-6-14(12-15)18(23)22-19-21-16-9-8-13(2)11-17(16)26-19/h5-9,11-12,20H,3-4,10H2,1-2H3,(H,21,22,23). The Bertz CT molecular complexity index is 1070. The highest BCUT2D eigenvalue weighted by atomic mass is 32.2. The van der Waals surface area contributed by atoms with Gasteiger partial charge in [0.1, 0.15) is 0 Å². The van der Waals surface area contributed by atoms with Gasteiger partial charge >= 0.3 is 0 Å². The molecule has 1 amide bonds.